The molecule has 138 valence electrons. The molecule has 0 saturated carbocycles. The number of alkyl halides is 3. The van der Waals surface area contributed by atoms with Crippen LogP contribution >= 0.6 is 0 Å². The van der Waals surface area contributed by atoms with Crippen molar-refractivity contribution in [2.24, 2.45) is 0 Å². The normalized spacial score (nSPS) is 20.0. The molecule has 4 heterocycles. The first-order valence-corrected chi connectivity index (χ1v) is 8.48. The van der Waals surface area contributed by atoms with E-state index in [-0.39, 0.29) is 18.8 Å². The highest BCUT2D eigenvalue weighted by atomic mass is 19.4. The first-order valence-electron chi connectivity index (χ1n) is 8.48. The molecule has 1 fully saturated rings. The molecule has 0 spiro atoms. The number of nitrogens with zero attached hydrogens (tertiary/aromatic N) is 2. The molecule has 3 N–H and O–H groups in total. The highest BCUT2D eigenvalue weighted by molar-refractivity contribution is 5.74. The molecule has 2 aliphatic heterocycles. The lowest BCUT2D eigenvalue weighted by molar-refractivity contribution is -0.152. The molecule has 0 aliphatic carbocycles. The molecule has 4 rings (SSSR count). The van der Waals surface area contributed by atoms with Gasteiger partial charge >= 0.3 is 6.18 Å². The number of nitrogens with one attached hydrogen (secondary N) is 3. The van der Waals surface area contributed by atoms with Crippen LogP contribution in [0, 0.1) is 0 Å². The Bertz CT molecular complexity index is 879. The maximum atomic E-state index is 13.4. The Morgan fingerprint density at radius 1 is 1.23 bits per heavy atom. The summed E-state index contributed by atoms with van der Waals surface area (Å²) in [7, 11) is 0. The Balaban J connectivity index is 1.78. The van der Waals surface area contributed by atoms with Crippen LogP contribution in [0.4, 0.5) is 24.8 Å². The number of H-pyrrole nitrogens is 1. The Hall–Kier alpha value is -2.55. The maximum absolute atomic E-state index is 13.4. The average molecular weight is 365 g/mol. The topological polar surface area (TPSA) is 73.1 Å². The summed E-state index contributed by atoms with van der Waals surface area (Å²) in [4.78, 5) is 20.2. The zero-order chi connectivity index (χ0) is 18.3. The fourth-order valence-electron chi connectivity index (χ4n) is 3.66. The van der Waals surface area contributed by atoms with Crippen molar-refractivity contribution >= 4 is 11.6 Å². The Morgan fingerprint density at radius 2 is 2.08 bits per heavy atom. The van der Waals surface area contributed by atoms with Gasteiger partial charge in [0.1, 0.15) is 17.7 Å². The zero-order valence-electron chi connectivity index (χ0n) is 13.9. The van der Waals surface area contributed by atoms with E-state index in [0.717, 1.165) is 11.1 Å². The van der Waals surface area contributed by atoms with Gasteiger partial charge in [-0.1, -0.05) is 0 Å². The largest absolute Gasteiger partial charge is 0.408 e. The number of hydrogen-bond donors (Lipinski definition) is 3. The number of hydrogen-bond acceptors (Lipinski definition) is 5. The summed E-state index contributed by atoms with van der Waals surface area (Å²) in [6.07, 6.45) is -1.50. The minimum absolute atomic E-state index is 0.0360. The van der Waals surface area contributed by atoms with E-state index < -0.39 is 17.8 Å². The van der Waals surface area contributed by atoms with Crippen molar-refractivity contribution in [1.29, 1.82) is 0 Å². The highest BCUT2D eigenvalue weighted by Crippen LogP contribution is 2.36. The van der Waals surface area contributed by atoms with E-state index in [1.807, 2.05) is 0 Å². The number of hydrazine groups is 1. The van der Waals surface area contributed by atoms with Gasteiger partial charge in [-0.2, -0.15) is 13.2 Å². The molecule has 26 heavy (non-hydrogen) atoms. The number of fused-ring (bicyclic) bond motifs is 1. The lowest BCUT2D eigenvalue weighted by Crippen LogP contribution is -2.49. The second-order valence-corrected chi connectivity index (χ2v) is 6.53. The quantitative estimate of drug-likeness (QED) is 0.763. The minimum atomic E-state index is -4.33. The molecule has 0 bridgehead atoms. The molecule has 9 heteroatoms. The molecular formula is C17H18F3N5O. The molecule has 0 amide bonds. The van der Waals surface area contributed by atoms with Crippen molar-refractivity contribution in [2.75, 3.05) is 16.9 Å². The summed E-state index contributed by atoms with van der Waals surface area (Å²) in [5, 5.41) is 0. The lowest BCUT2D eigenvalue weighted by Gasteiger charge is -2.38. The zero-order valence-corrected chi connectivity index (χ0v) is 13.9. The van der Waals surface area contributed by atoms with Gasteiger partial charge < -0.3 is 15.3 Å². The number of anilines is 2. The van der Waals surface area contributed by atoms with Crippen molar-refractivity contribution in [3.63, 3.8) is 0 Å². The Kier molecular flexibility index (Phi) is 4.10. The van der Waals surface area contributed by atoms with Gasteiger partial charge in [-0.25, -0.2) is 10.4 Å². The molecule has 2 aromatic rings. The number of aromatic nitrogens is 2. The molecular weight excluding hydrogens is 347 g/mol. The van der Waals surface area contributed by atoms with Gasteiger partial charge in [-0.15, -0.1) is 0 Å². The van der Waals surface area contributed by atoms with Crippen LogP contribution in [0.15, 0.2) is 29.2 Å². The smallest absolute Gasteiger partial charge is 0.346 e. The summed E-state index contributed by atoms with van der Waals surface area (Å²) in [6.45, 7) is 0.788. The monoisotopic (exact) mass is 365 g/mol. The number of rotatable bonds is 2. The summed E-state index contributed by atoms with van der Waals surface area (Å²) >= 11 is 0. The fourth-order valence-corrected chi connectivity index (χ4v) is 3.66. The predicted molar refractivity (Wildman–Crippen MR) is 91.8 cm³/mol. The minimum Gasteiger partial charge on any atom is -0.346 e. The first kappa shape index (κ1) is 16.9. The van der Waals surface area contributed by atoms with E-state index >= 15 is 0 Å². The van der Waals surface area contributed by atoms with Crippen LogP contribution in [0.3, 0.4) is 0 Å². The van der Waals surface area contributed by atoms with Gasteiger partial charge in [-0.05, 0) is 42.5 Å². The molecule has 2 aromatic heterocycles. The van der Waals surface area contributed by atoms with Crippen molar-refractivity contribution < 1.29 is 13.2 Å². The van der Waals surface area contributed by atoms with E-state index in [1.54, 1.807) is 18.3 Å². The third-order valence-electron chi connectivity index (χ3n) is 4.86. The van der Waals surface area contributed by atoms with E-state index in [4.69, 9.17) is 0 Å². The molecule has 0 aromatic carbocycles. The number of halogens is 3. The third-order valence-corrected chi connectivity index (χ3v) is 4.86. The first-order chi connectivity index (χ1) is 12.4. The van der Waals surface area contributed by atoms with Gasteiger partial charge in [0, 0.05) is 30.9 Å². The molecule has 0 radical (unpaired) electrons. The fraction of sp³-hybridized carbons (Fsp3) is 0.412. The van der Waals surface area contributed by atoms with Crippen LogP contribution in [-0.2, 0) is 6.54 Å². The van der Waals surface area contributed by atoms with Crippen LogP contribution in [0.1, 0.15) is 24.8 Å². The number of piperidine rings is 1. The van der Waals surface area contributed by atoms with Crippen molar-refractivity contribution in [3.8, 4) is 11.1 Å². The summed E-state index contributed by atoms with van der Waals surface area (Å²) in [5.41, 5.74) is 7.71. The number of aromatic amines is 1. The van der Waals surface area contributed by atoms with Gasteiger partial charge in [-0.3, -0.25) is 4.79 Å². The Morgan fingerprint density at radius 3 is 2.88 bits per heavy atom. The van der Waals surface area contributed by atoms with E-state index in [1.165, 1.54) is 11.0 Å². The van der Waals surface area contributed by atoms with Gasteiger partial charge in [0.2, 0.25) is 5.56 Å². The third kappa shape index (κ3) is 3.03. The van der Waals surface area contributed by atoms with Gasteiger partial charge in [0.25, 0.3) is 0 Å². The van der Waals surface area contributed by atoms with Crippen molar-refractivity contribution in [1.82, 2.24) is 15.4 Å². The summed E-state index contributed by atoms with van der Waals surface area (Å²) < 4.78 is 40.3. The van der Waals surface area contributed by atoms with Gasteiger partial charge in [0.15, 0.2) is 0 Å². The maximum Gasteiger partial charge on any atom is 0.408 e. The van der Waals surface area contributed by atoms with Crippen molar-refractivity contribution in [2.45, 2.75) is 38.0 Å². The standard InChI is InChI=1S/C17H18F3N5O/c18-17(19,20)13-3-1-2-6-25(13)14-7-10(8-15(26)23-14)11-4-5-21-16-12(11)9-22-24-16/h4-5,7-8,13,22H,1-3,6,9H2,(H,21,24)(H,23,26). The molecule has 2 aliphatic rings. The SMILES string of the molecule is O=c1cc(-c2ccnc3c2CNN3)cc(N2CCCCC2C(F)(F)F)[nH]1. The van der Waals surface area contributed by atoms with E-state index in [9.17, 15) is 18.0 Å². The second-order valence-electron chi connectivity index (χ2n) is 6.53. The predicted octanol–water partition coefficient (Wildman–Crippen LogP) is 2.79. The Labute approximate surface area is 147 Å². The van der Waals surface area contributed by atoms with Crippen molar-refractivity contribution in [3.05, 3.63) is 40.3 Å². The summed E-state index contributed by atoms with van der Waals surface area (Å²) in [5.74, 6) is 0.870. The lowest BCUT2D eigenvalue weighted by atomic mass is 9.99. The van der Waals surface area contributed by atoms with Crippen LogP contribution in [0.5, 0.6) is 0 Å². The van der Waals surface area contributed by atoms with E-state index in [2.05, 4.69) is 20.8 Å². The van der Waals surface area contributed by atoms with Crippen LogP contribution in [0.25, 0.3) is 11.1 Å². The van der Waals surface area contributed by atoms with Crippen LogP contribution in [-0.4, -0.2) is 28.7 Å². The van der Waals surface area contributed by atoms with E-state index in [0.29, 0.717) is 30.8 Å². The molecule has 1 atom stereocenters. The molecule has 6 nitrogen and oxygen atoms in total. The van der Waals surface area contributed by atoms with Crippen LogP contribution < -0.4 is 21.3 Å². The second kappa shape index (κ2) is 6.31. The molecule has 1 saturated heterocycles. The van der Waals surface area contributed by atoms with Crippen LogP contribution in [0.2, 0.25) is 0 Å². The average Bonchev–Trinajstić information content (AvgIpc) is 3.09. The summed E-state index contributed by atoms with van der Waals surface area (Å²) in [6, 6.07) is 3.22. The number of pyridine rings is 2. The van der Waals surface area contributed by atoms with Gasteiger partial charge in [0.05, 0.1) is 0 Å². The highest BCUT2D eigenvalue weighted by Gasteiger charge is 2.45. The molecule has 1 unspecified atom stereocenters.